The van der Waals surface area contributed by atoms with Gasteiger partial charge in [0.05, 0.1) is 5.92 Å². The van der Waals surface area contributed by atoms with Crippen LogP contribution in [0.1, 0.15) is 25.7 Å². The van der Waals surface area contributed by atoms with Crippen LogP contribution in [0.25, 0.3) is 0 Å². The summed E-state index contributed by atoms with van der Waals surface area (Å²) < 4.78 is 1.40. The lowest BCUT2D eigenvalue weighted by Gasteiger charge is -2.25. The number of amides is 1. The van der Waals surface area contributed by atoms with Crippen LogP contribution in [-0.2, 0) is 16.6 Å². The maximum absolute atomic E-state index is 12.1. The zero-order chi connectivity index (χ0) is 14.7. The van der Waals surface area contributed by atoms with Crippen LogP contribution >= 0.6 is 0 Å². The number of hydrogen-bond acceptors (Lipinski definition) is 3. The van der Waals surface area contributed by atoms with Crippen LogP contribution in [0.2, 0.25) is 0 Å². The highest BCUT2D eigenvalue weighted by molar-refractivity contribution is 5.92. The van der Waals surface area contributed by atoms with E-state index in [-0.39, 0.29) is 29.0 Å². The maximum Gasteiger partial charge on any atom is 0.306 e. The van der Waals surface area contributed by atoms with E-state index in [1.54, 1.807) is 25.4 Å². The van der Waals surface area contributed by atoms with Crippen molar-refractivity contribution in [3.63, 3.8) is 0 Å². The van der Waals surface area contributed by atoms with E-state index in [1.165, 1.54) is 4.57 Å². The molecule has 1 saturated carbocycles. The molecule has 0 aromatic carbocycles. The summed E-state index contributed by atoms with van der Waals surface area (Å²) in [5.74, 6) is -1.54. The first-order valence-corrected chi connectivity index (χ1v) is 6.68. The number of carboxylic acids is 1. The van der Waals surface area contributed by atoms with Crippen LogP contribution < -0.4 is 10.9 Å². The lowest BCUT2D eigenvalue weighted by molar-refractivity contribution is -0.143. The van der Waals surface area contributed by atoms with Crippen LogP contribution in [-0.4, -0.2) is 21.6 Å². The number of nitrogens with one attached hydrogen (secondary N) is 1. The van der Waals surface area contributed by atoms with Crippen molar-refractivity contribution in [3.05, 3.63) is 28.7 Å². The Hall–Kier alpha value is -2.11. The zero-order valence-corrected chi connectivity index (χ0v) is 11.3. The summed E-state index contributed by atoms with van der Waals surface area (Å²) in [7, 11) is 1.62. The number of aryl methyl sites for hydroxylation is 1. The van der Waals surface area contributed by atoms with Crippen molar-refractivity contribution < 1.29 is 14.7 Å². The van der Waals surface area contributed by atoms with Gasteiger partial charge in [-0.15, -0.1) is 0 Å². The van der Waals surface area contributed by atoms with Crippen LogP contribution in [0, 0.1) is 11.8 Å². The van der Waals surface area contributed by atoms with Gasteiger partial charge < -0.3 is 15.0 Å². The molecule has 0 aliphatic heterocycles. The molecule has 2 N–H and O–H groups in total. The van der Waals surface area contributed by atoms with Gasteiger partial charge in [0.2, 0.25) is 5.91 Å². The Kier molecular flexibility index (Phi) is 4.22. The molecule has 1 heterocycles. The molecule has 108 valence electrons. The van der Waals surface area contributed by atoms with Crippen LogP contribution in [0.3, 0.4) is 0 Å². The maximum atomic E-state index is 12.1. The monoisotopic (exact) mass is 278 g/mol. The first-order valence-electron chi connectivity index (χ1n) is 6.68. The number of carbonyl (C=O) groups excluding carboxylic acids is 1. The summed E-state index contributed by atoms with van der Waals surface area (Å²) in [5.41, 5.74) is 0.0143. The van der Waals surface area contributed by atoms with Gasteiger partial charge in [-0.2, -0.15) is 0 Å². The van der Waals surface area contributed by atoms with Crippen LogP contribution in [0.4, 0.5) is 5.69 Å². The predicted octanol–water partition coefficient (Wildman–Crippen LogP) is 1.21. The highest BCUT2D eigenvalue weighted by atomic mass is 16.4. The van der Waals surface area contributed by atoms with Gasteiger partial charge in [0.25, 0.3) is 5.56 Å². The molecule has 20 heavy (non-hydrogen) atoms. The lowest BCUT2D eigenvalue weighted by atomic mass is 9.81. The molecule has 6 nitrogen and oxygen atoms in total. The third-order valence-electron chi connectivity index (χ3n) is 3.83. The van der Waals surface area contributed by atoms with Crippen molar-refractivity contribution in [2.75, 3.05) is 5.32 Å². The normalized spacial score (nSPS) is 22.2. The van der Waals surface area contributed by atoms with Gasteiger partial charge >= 0.3 is 5.97 Å². The minimum absolute atomic E-state index is 0.197. The third-order valence-corrected chi connectivity index (χ3v) is 3.83. The second kappa shape index (κ2) is 5.90. The Morgan fingerprint density at radius 3 is 2.45 bits per heavy atom. The summed E-state index contributed by atoms with van der Waals surface area (Å²) in [6, 6.07) is 3.27. The average Bonchev–Trinajstić information content (AvgIpc) is 2.44. The fourth-order valence-corrected chi connectivity index (χ4v) is 2.53. The Balaban J connectivity index is 1.98. The molecule has 1 aliphatic carbocycles. The number of pyridine rings is 1. The molecule has 1 amide bonds. The molecule has 0 spiro atoms. The van der Waals surface area contributed by atoms with E-state index < -0.39 is 5.97 Å². The molecule has 6 heteroatoms. The molecular formula is C14H18N2O4. The number of aromatic nitrogens is 1. The molecule has 2 rings (SSSR count). The molecule has 0 saturated heterocycles. The Bertz CT molecular complexity index is 571. The first-order chi connectivity index (χ1) is 9.49. The van der Waals surface area contributed by atoms with Crippen molar-refractivity contribution in [3.8, 4) is 0 Å². The lowest BCUT2D eigenvalue weighted by Crippen LogP contribution is -2.31. The van der Waals surface area contributed by atoms with E-state index in [9.17, 15) is 14.4 Å². The quantitative estimate of drug-likeness (QED) is 0.870. The number of hydrogen-bond donors (Lipinski definition) is 2. The molecule has 0 atom stereocenters. The number of aliphatic carboxylic acids is 1. The van der Waals surface area contributed by atoms with E-state index in [1.807, 2.05) is 0 Å². The van der Waals surface area contributed by atoms with Gasteiger partial charge in [-0.3, -0.25) is 14.4 Å². The van der Waals surface area contributed by atoms with Crippen molar-refractivity contribution >= 4 is 17.6 Å². The SMILES string of the molecule is Cn1cccc(NC(=O)C2CCC(C(=O)O)CC2)c1=O. The van der Waals surface area contributed by atoms with E-state index >= 15 is 0 Å². The highest BCUT2D eigenvalue weighted by Gasteiger charge is 2.29. The molecule has 1 aromatic heterocycles. The largest absolute Gasteiger partial charge is 0.481 e. The van der Waals surface area contributed by atoms with Gasteiger partial charge in [-0.1, -0.05) is 0 Å². The number of anilines is 1. The Morgan fingerprint density at radius 1 is 1.25 bits per heavy atom. The third kappa shape index (κ3) is 3.07. The first kappa shape index (κ1) is 14.3. The molecule has 0 unspecified atom stereocenters. The van der Waals surface area contributed by atoms with E-state index in [0.29, 0.717) is 25.7 Å². The molecule has 1 aromatic rings. The summed E-state index contributed by atoms with van der Waals surface area (Å²) >= 11 is 0. The Morgan fingerprint density at radius 2 is 1.85 bits per heavy atom. The van der Waals surface area contributed by atoms with Crippen molar-refractivity contribution in [1.29, 1.82) is 0 Å². The van der Waals surface area contributed by atoms with E-state index in [2.05, 4.69) is 5.32 Å². The smallest absolute Gasteiger partial charge is 0.306 e. The summed E-state index contributed by atoms with van der Waals surface area (Å²) in [6.45, 7) is 0. The van der Waals surface area contributed by atoms with Gasteiger partial charge in [0, 0.05) is 19.2 Å². The molecule has 1 aliphatic rings. The summed E-state index contributed by atoms with van der Waals surface area (Å²) in [6.07, 6.45) is 3.75. The fourth-order valence-electron chi connectivity index (χ4n) is 2.53. The second-order valence-corrected chi connectivity index (χ2v) is 5.21. The van der Waals surface area contributed by atoms with Gasteiger partial charge in [0.1, 0.15) is 5.69 Å². The van der Waals surface area contributed by atoms with Gasteiger partial charge in [-0.25, -0.2) is 0 Å². The average molecular weight is 278 g/mol. The molecule has 1 fully saturated rings. The summed E-state index contributed by atoms with van der Waals surface area (Å²) in [4.78, 5) is 34.8. The van der Waals surface area contributed by atoms with E-state index in [4.69, 9.17) is 5.11 Å². The summed E-state index contributed by atoms with van der Waals surface area (Å²) in [5, 5.41) is 11.6. The van der Waals surface area contributed by atoms with Crippen molar-refractivity contribution in [2.24, 2.45) is 18.9 Å². The van der Waals surface area contributed by atoms with Crippen molar-refractivity contribution in [2.45, 2.75) is 25.7 Å². The standard InChI is InChI=1S/C14H18N2O4/c1-16-8-2-3-11(13(16)18)15-12(17)9-4-6-10(7-5-9)14(19)20/h2-3,8-10H,4-7H2,1H3,(H,15,17)(H,19,20). The van der Waals surface area contributed by atoms with Gasteiger partial charge in [0.15, 0.2) is 0 Å². The minimum atomic E-state index is -0.791. The fraction of sp³-hybridized carbons (Fsp3) is 0.500. The van der Waals surface area contributed by atoms with Crippen LogP contribution in [0.15, 0.2) is 23.1 Å². The number of carboxylic acid groups (broad SMARTS) is 1. The number of carbonyl (C=O) groups is 2. The Labute approximate surface area is 116 Å². The number of nitrogens with zero attached hydrogens (tertiary/aromatic N) is 1. The topological polar surface area (TPSA) is 88.4 Å². The van der Waals surface area contributed by atoms with E-state index in [0.717, 1.165) is 0 Å². The highest BCUT2D eigenvalue weighted by Crippen LogP contribution is 2.29. The molecule has 0 bridgehead atoms. The van der Waals surface area contributed by atoms with Gasteiger partial charge in [-0.05, 0) is 37.8 Å². The second-order valence-electron chi connectivity index (χ2n) is 5.21. The van der Waals surface area contributed by atoms with Crippen molar-refractivity contribution in [1.82, 2.24) is 4.57 Å². The zero-order valence-electron chi connectivity index (χ0n) is 11.3. The van der Waals surface area contributed by atoms with Crippen LogP contribution in [0.5, 0.6) is 0 Å². The predicted molar refractivity (Wildman–Crippen MR) is 73.4 cm³/mol. The number of rotatable bonds is 3. The molecule has 0 radical (unpaired) electrons. The minimum Gasteiger partial charge on any atom is -0.481 e. The molecular weight excluding hydrogens is 260 g/mol.